The van der Waals surface area contributed by atoms with Gasteiger partial charge in [0.25, 0.3) is 0 Å². The van der Waals surface area contributed by atoms with Gasteiger partial charge in [-0.05, 0) is 6.07 Å². The predicted molar refractivity (Wildman–Crippen MR) is 92.3 cm³/mol. The van der Waals surface area contributed by atoms with E-state index in [1.54, 1.807) is 12.1 Å². The van der Waals surface area contributed by atoms with Gasteiger partial charge in [0.2, 0.25) is 0 Å². The second-order valence-corrected chi connectivity index (χ2v) is 5.93. The van der Waals surface area contributed by atoms with Crippen molar-refractivity contribution in [3.8, 4) is 16.3 Å². The first-order valence-corrected chi connectivity index (χ1v) is 7.93. The van der Waals surface area contributed by atoms with E-state index in [0.29, 0.717) is 12.2 Å². The van der Waals surface area contributed by atoms with Gasteiger partial charge in [0.15, 0.2) is 5.75 Å². The highest BCUT2D eigenvalue weighted by Gasteiger charge is 2.14. The third-order valence-corrected chi connectivity index (χ3v) is 4.28. The molecule has 0 amide bonds. The monoisotopic (exact) mass is 342 g/mol. The Morgan fingerprint density at radius 3 is 2.71 bits per heavy atom. The highest BCUT2D eigenvalue weighted by Crippen LogP contribution is 2.30. The molecule has 1 N–H and O–H groups in total. The normalized spacial score (nSPS) is 10.4. The number of benzene rings is 2. The Kier molecular flexibility index (Phi) is 4.66. The molecular formula is C16H14N4O3S. The minimum Gasteiger partial charge on any atom is -0.490 e. The minimum atomic E-state index is -0.473. The van der Waals surface area contributed by atoms with Crippen LogP contribution < -0.4 is 10.1 Å². The molecule has 0 spiro atoms. The van der Waals surface area contributed by atoms with Gasteiger partial charge in [-0.3, -0.25) is 10.1 Å². The zero-order valence-electron chi connectivity index (χ0n) is 12.8. The molecular weight excluding hydrogens is 328 g/mol. The Morgan fingerprint density at radius 1 is 1.21 bits per heavy atom. The van der Waals surface area contributed by atoms with Crippen molar-refractivity contribution in [2.24, 2.45) is 0 Å². The topological polar surface area (TPSA) is 90.2 Å². The van der Waals surface area contributed by atoms with Crippen molar-refractivity contribution >= 4 is 22.7 Å². The second-order valence-electron chi connectivity index (χ2n) is 4.86. The molecule has 0 unspecified atom stereocenters. The summed E-state index contributed by atoms with van der Waals surface area (Å²) in [4.78, 5) is 10.4. The maximum atomic E-state index is 10.9. The quantitative estimate of drug-likeness (QED) is 0.542. The van der Waals surface area contributed by atoms with E-state index in [0.717, 1.165) is 15.6 Å². The van der Waals surface area contributed by atoms with E-state index in [2.05, 4.69) is 15.5 Å². The van der Waals surface area contributed by atoms with Gasteiger partial charge in [-0.1, -0.05) is 41.7 Å². The summed E-state index contributed by atoms with van der Waals surface area (Å²) in [5, 5.41) is 24.1. The van der Waals surface area contributed by atoms with Gasteiger partial charge in [0.05, 0.1) is 18.6 Å². The van der Waals surface area contributed by atoms with Crippen LogP contribution in [-0.2, 0) is 6.54 Å². The van der Waals surface area contributed by atoms with Gasteiger partial charge in [-0.15, -0.1) is 10.2 Å². The maximum absolute atomic E-state index is 10.9. The van der Waals surface area contributed by atoms with E-state index in [1.807, 2.05) is 30.3 Å². The predicted octanol–water partition coefficient (Wildman–Crippen LogP) is 3.73. The average molecular weight is 342 g/mol. The fourth-order valence-electron chi connectivity index (χ4n) is 2.14. The first-order valence-electron chi connectivity index (χ1n) is 7.11. The van der Waals surface area contributed by atoms with Crippen LogP contribution in [0.15, 0.2) is 48.5 Å². The van der Waals surface area contributed by atoms with Crippen LogP contribution in [0, 0.1) is 10.1 Å². The largest absolute Gasteiger partial charge is 0.490 e. The van der Waals surface area contributed by atoms with Crippen LogP contribution in [0.5, 0.6) is 5.75 Å². The summed E-state index contributed by atoms with van der Waals surface area (Å²) < 4.78 is 5.05. The molecule has 0 bridgehead atoms. The Hall–Kier alpha value is -3.00. The number of hydrogen-bond donors (Lipinski definition) is 1. The van der Waals surface area contributed by atoms with Crippen LogP contribution in [0.4, 0.5) is 11.4 Å². The first kappa shape index (κ1) is 15.9. The van der Waals surface area contributed by atoms with E-state index >= 15 is 0 Å². The second kappa shape index (κ2) is 7.05. The lowest BCUT2D eigenvalue weighted by Gasteiger charge is -2.06. The molecule has 0 aliphatic carbocycles. The molecule has 0 aliphatic rings. The molecule has 122 valence electrons. The van der Waals surface area contributed by atoms with Crippen molar-refractivity contribution in [3.05, 3.63) is 63.7 Å². The van der Waals surface area contributed by atoms with Crippen molar-refractivity contribution in [3.63, 3.8) is 0 Å². The Balaban J connectivity index is 1.70. The fourth-order valence-corrected chi connectivity index (χ4v) is 2.92. The van der Waals surface area contributed by atoms with Crippen molar-refractivity contribution in [2.75, 3.05) is 12.4 Å². The third-order valence-electron chi connectivity index (χ3n) is 3.31. The number of aromatic nitrogens is 2. The van der Waals surface area contributed by atoms with Gasteiger partial charge in [0.1, 0.15) is 10.0 Å². The van der Waals surface area contributed by atoms with Crippen molar-refractivity contribution in [1.82, 2.24) is 10.2 Å². The Bertz CT molecular complexity index is 852. The average Bonchev–Trinajstić information content (AvgIpc) is 3.09. The lowest BCUT2D eigenvalue weighted by Crippen LogP contribution is -2.00. The zero-order valence-corrected chi connectivity index (χ0v) is 13.6. The van der Waals surface area contributed by atoms with Crippen LogP contribution in [0.2, 0.25) is 0 Å². The molecule has 1 heterocycles. The highest BCUT2D eigenvalue weighted by molar-refractivity contribution is 7.14. The van der Waals surface area contributed by atoms with Gasteiger partial charge in [-0.2, -0.15) is 0 Å². The smallest absolute Gasteiger partial charge is 0.311 e. The van der Waals surface area contributed by atoms with Crippen LogP contribution in [0.3, 0.4) is 0 Å². The maximum Gasteiger partial charge on any atom is 0.311 e. The number of nitro benzene ring substituents is 1. The molecule has 7 nitrogen and oxygen atoms in total. The van der Waals surface area contributed by atoms with Gasteiger partial charge < -0.3 is 10.1 Å². The minimum absolute atomic E-state index is 0.0645. The summed E-state index contributed by atoms with van der Waals surface area (Å²) >= 11 is 1.50. The van der Waals surface area contributed by atoms with E-state index in [-0.39, 0.29) is 11.4 Å². The molecule has 0 atom stereocenters. The van der Waals surface area contributed by atoms with Gasteiger partial charge in [-0.25, -0.2) is 0 Å². The number of nitrogens with one attached hydrogen (secondary N) is 1. The zero-order chi connectivity index (χ0) is 16.9. The van der Waals surface area contributed by atoms with Crippen LogP contribution in [0.25, 0.3) is 10.6 Å². The molecule has 8 heteroatoms. The Morgan fingerprint density at radius 2 is 2.00 bits per heavy atom. The number of nitro groups is 1. The summed E-state index contributed by atoms with van der Waals surface area (Å²) in [6.45, 7) is 0.478. The highest BCUT2D eigenvalue weighted by atomic mass is 32.1. The van der Waals surface area contributed by atoms with Gasteiger partial charge in [0, 0.05) is 23.4 Å². The molecule has 3 aromatic rings. The summed E-state index contributed by atoms with van der Waals surface area (Å²) in [5.74, 6) is 0.215. The lowest BCUT2D eigenvalue weighted by molar-refractivity contribution is -0.385. The number of nitrogens with zero attached hydrogens (tertiary/aromatic N) is 3. The van der Waals surface area contributed by atoms with Crippen molar-refractivity contribution in [2.45, 2.75) is 6.54 Å². The molecule has 0 fully saturated rings. The lowest BCUT2D eigenvalue weighted by atomic mass is 10.2. The summed E-state index contributed by atoms with van der Waals surface area (Å²) in [6.07, 6.45) is 0. The summed E-state index contributed by atoms with van der Waals surface area (Å²) in [7, 11) is 1.41. The standard InChI is InChI=1S/C16H14N4O3S/c1-23-14-9-12(7-8-13(14)20(21)22)17-10-15-18-19-16(24-15)11-5-3-2-4-6-11/h2-9,17H,10H2,1H3. The van der Waals surface area contributed by atoms with Crippen LogP contribution >= 0.6 is 11.3 Å². The Labute approximate surface area is 142 Å². The van der Waals surface area contributed by atoms with Crippen molar-refractivity contribution in [1.29, 1.82) is 0 Å². The third kappa shape index (κ3) is 3.49. The summed E-state index contributed by atoms with van der Waals surface area (Å²) in [5.41, 5.74) is 1.68. The van der Waals surface area contributed by atoms with Crippen LogP contribution in [-0.4, -0.2) is 22.2 Å². The number of rotatable bonds is 6. The van der Waals surface area contributed by atoms with Gasteiger partial charge >= 0.3 is 5.69 Å². The molecule has 0 radical (unpaired) electrons. The number of methoxy groups -OCH3 is 1. The van der Waals surface area contributed by atoms with E-state index in [1.165, 1.54) is 24.5 Å². The van der Waals surface area contributed by atoms with E-state index in [9.17, 15) is 10.1 Å². The van der Waals surface area contributed by atoms with Crippen LogP contribution in [0.1, 0.15) is 5.01 Å². The number of anilines is 1. The molecule has 1 aromatic heterocycles. The summed E-state index contributed by atoms with van der Waals surface area (Å²) in [6, 6.07) is 14.5. The molecule has 0 saturated heterocycles. The first-order chi connectivity index (χ1) is 11.7. The molecule has 0 saturated carbocycles. The molecule has 0 aliphatic heterocycles. The van der Waals surface area contributed by atoms with E-state index < -0.39 is 4.92 Å². The molecule has 24 heavy (non-hydrogen) atoms. The number of ether oxygens (including phenoxy) is 1. The van der Waals surface area contributed by atoms with E-state index in [4.69, 9.17) is 4.74 Å². The molecule has 2 aromatic carbocycles. The van der Waals surface area contributed by atoms with Crippen molar-refractivity contribution < 1.29 is 9.66 Å². The number of hydrogen-bond acceptors (Lipinski definition) is 7. The fraction of sp³-hybridized carbons (Fsp3) is 0.125. The molecule has 3 rings (SSSR count). The SMILES string of the molecule is COc1cc(NCc2nnc(-c3ccccc3)s2)ccc1[N+](=O)[O-].